The molecule has 0 aromatic heterocycles. The van der Waals surface area contributed by atoms with Crippen molar-refractivity contribution in [2.45, 2.75) is 5.88 Å². The van der Waals surface area contributed by atoms with Gasteiger partial charge in [-0.05, 0) is 30.3 Å². The molecule has 0 aliphatic carbocycles. The standard InChI is InChI=1S/C13H8Cl2F2O/c14-7-8-5-9(16)1-4-13(8)18-10-2-3-12(17)11(15)6-10/h1-6H,7H2. The zero-order valence-corrected chi connectivity index (χ0v) is 10.6. The predicted octanol–water partition coefficient (Wildman–Crippen LogP) is 5.15. The van der Waals surface area contributed by atoms with Crippen LogP contribution in [0.15, 0.2) is 36.4 Å². The van der Waals surface area contributed by atoms with Crippen molar-refractivity contribution < 1.29 is 13.5 Å². The molecule has 0 unspecified atom stereocenters. The average Bonchev–Trinajstić information content (AvgIpc) is 2.36. The lowest BCUT2D eigenvalue weighted by molar-refractivity contribution is 0.474. The molecule has 2 aromatic rings. The number of alkyl halides is 1. The second-order valence-electron chi connectivity index (χ2n) is 3.56. The van der Waals surface area contributed by atoms with Gasteiger partial charge in [0.1, 0.15) is 23.1 Å². The van der Waals surface area contributed by atoms with Gasteiger partial charge in [-0.2, -0.15) is 0 Å². The van der Waals surface area contributed by atoms with Gasteiger partial charge < -0.3 is 4.74 Å². The minimum atomic E-state index is -0.527. The minimum absolute atomic E-state index is 0.0398. The number of hydrogen-bond acceptors (Lipinski definition) is 1. The molecule has 0 heterocycles. The molecule has 5 heteroatoms. The molecule has 2 rings (SSSR count). The number of rotatable bonds is 3. The largest absolute Gasteiger partial charge is 0.457 e. The Morgan fingerprint density at radius 1 is 1.06 bits per heavy atom. The van der Waals surface area contributed by atoms with Crippen molar-refractivity contribution in [3.8, 4) is 11.5 Å². The first kappa shape index (κ1) is 13.1. The lowest BCUT2D eigenvalue weighted by Gasteiger charge is -2.10. The molecule has 0 radical (unpaired) electrons. The van der Waals surface area contributed by atoms with Crippen molar-refractivity contribution in [1.82, 2.24) is 0 Å². The van der Waals surface area contributed by atoms with E-state index in [4.69, 9.17) is 27.9 Å². The number of ether oxygens (including phenoxy) is 1. The Morgan fingerprint density at radius 3 is 2.50 bits per heavy atom. The van der Waals surface area contributed by atoms with Crippen molar-refractivity contribution in [2.24, 2.45) is 0 Å². The number of benzene rings is 2. The maximum absolute atomic E-state index is 13.0. The quantitative estimate of drug-likeness (QED) is 0.710. The second kappa shape index (κ2) is 5.55. The molecule has 0 N–H and O–H groups in total. The van der Waals surface area contributed by atoms with Crippen molar-refractivity contribution in [3.05, 3.63) is 58.6 Å². The van der Waals surface area contributed by atoms with Crippen molar-refractivity contribution in [2.75, 3.05) is 0 Å². The fourth-order valence-electron chi connectivity index (χ4n) is 1.42. The summed E-state index contributed by atoms with van der Waals surface area (Å²) >= 11 is 11.3. The molecule has 0 atom stereocenters. The molecule has 0 fully saturated rings. The monoisotopic (exact) mass is 288 g/mol. The third-order valence-electron chi connectivity index (χ3n) is 2.29. The lowest BCUT2D eigenvalue weighted by atomic mass is 10.2. The van der Waals surface area contributed by atoms with Crippen LogP contribution in [0.1, 0.15) is 5.56 Å². The zero-order valence-electron chi connectivity index (χ0n) is 9.09. The van der Waals surface area contributed by atoms with Crippen LogP contribution in [0.25, 0.3) is 0 Å². The number of hydrogen-bond donors (Lipinski definition) is 0. The summed E-state index contributed by atoms with van der Waals surface area (Å²) in [5, 5.41) is -0.0398. The highest BCUT2D eigenvalue weighted by atomic mass is 35.5. The smallest absolute Gasteiger partial charge is 0.142 e. The summed E-state index contributed by atoms with van der Waals surface area (Å²) in [6.07, 6.45) is 0. The molecule has 0 aliphatic heterocycles. The van der Waals surface area contributed by atoms with Crippen molar-refractivity contribution >= 4 is 23.2 Å². The molecule has 18 heavy (non-hydrogen) atoms. The predicted molar refractivity (Wildman–Crippen MR) is 67.4 cm³/mol. The van der Waals surface area contributed by atoms with E-state index in [1.165, 1.54) is 36.4 Å². The van der Waals surface area contributed by atoms with E-state index in [0.717, 1.165) is 0 Å². The van der Waals surface area contributed by atoms with Crippen molar-refractivity contribution in [3.63, 3.8) is 0 Å². The molecule has 0 amide bonds. The first-order valence-corrected chi connectivity index (χ1v) is 5.98. The lowest BCUT2D eigenvalue weighted by Crippen LogP contribution is -1.91. The van der Waals surface area contributed by atoms with E-state index in [0.29, 0.717) is 17.1 Å². The Balaban J connectivity index is 2.30. The van der Waals surface area contributed by atoms with E-state index in [2.05, 4.69) is 0 Å². The van der Waals surface area contributed by atoms with Gasteiger partial charge in [0.15, 0.2) is 0 Å². The highest BCUT2D eigenvalue weighted by Crippen LogP contribution is 2.29. The van der Waals surface area contributed by atoms with Gasteiger partial charge in [0.25, 0.3) is 0 Å². The van der Waals surface area contributed by atoms with Gasteiger partial charge in [-0.3, -0.25) is 0 Å². The van der Waals surface area contributed by atoms with Gasteiger partial charge in [-0.25, -0.2) is 8.78 Å². The first-order valence-electron chi connectivity index (χ1n) is 5.07. The zero-order chi connectivity index (χ0) is 13.1. The van der Waals surface area contributed by atoms with Crippen LogP contribution in [0, 0.1) is 11.6 Å². The summed E-state index contributed by atoms with van der Waals surface area (Å²) in [7, 11) is 0. The highest BCUT2D eigenvalue weighted by molar-refractivity contribution is 6.30. The molecule has 0 aliphatic rings. The Hall–Kier alpha value is -1.32. The van der Waals surface area contributed by atoms with E-state index < -0.39 is 11.6 Å². The third-order valence-corrected chi connectivity index (χ3v) is 2.86. The van der Waals surface area contributed by atoms with Crippen LogP contribution in [0.3, 0.4) is 0 Å². The Bertz CT molecular complexity index is 573. The van der Waals surface area contributed by atoms with E-state index in [1.807, 2.05) is 0 Å². The van der Waals surface area contributed by atoms with Crippen molar-refractivity contribution in [1.29, 1.82) is 0 Å². The molecule has 2 aromatic carbocycles. The molecule has 1 nitrogen and oxygen atoms in total. The van der Waals surface area contributed by atoms with Crippen LogP contribution >= 0.6 is 23.2 Å². The molecular weight excluding hydrogens is 281 g/mol. The van der Waals surface area contributed by atoms with E-state index >= 15 is 0 Å². The minimum Gasteiger partial charge on any atom is -0.457 e. The van der Waals surface area contributed by atoms with Crippen LogP contribution in [0.2, 0.25) is 5.02 Å². The van der Waals surface area contributed by atoms with Gasteiger partial charge in [-0.15, -0.1) is 11.6 Å². The SMILES string of the molecule is Fc1ccc(Oc2ccc(F)c(Cl)c2)c(CCl)c1. The molecule has 94 valence electrons. The van der Waals surface area contributed by atoms with E-state index in [9.17, 15) is 8.78 Å². The van der Waals surface area contributed by atoms with Crippen LogP contribution < -0.4 is 4.74 Å². The fraction of sp³-hybridized carbons (Fsp3) is 0.0769. The van der Waals surface area contributed by atoms with Crippen LogP contribution in [-0.2, 0) is 5.88 Å². The summed E-state index contributed by atoms with van der Waals surface area (Å²) in [4.78, 5) is 0. The first-order chi connectivity index (χ1) is 8.60. The van der Waals surface area contributed by atoms with Crippen LogP contribution in [-0.4, -0.2) is 0 Å². The Morgan fingerprint density at radius 2 is 1.83 bits per heavy atom. The summed E-state index contributed by atoms with van der Waals surface area (Å²) < 4.78 is 31.5. The number of halogens is 4. The van der Waals surface area contributed by atoms with Crippen LogP contribution in [0.5, 0.6) is 11.5 Å². The van der Waals surface area contributed by atoms with E-state index in [-0.39, 0.29) is 10.9 Å². The fourth-order valence-corrected chi connectivity index (χ4v) is 1.80. The second-order valence-corrected chi connectivity index (χ2v) is 4.24. The highest BCUT2D eigenvalue weighted by Gasteiger charge is 2.07. The summed E-state index contributed by atoms with van der Waals surface area (Å²) in [6, 6.07) is 7.98. The summed E-state index contributed by atoms with van der Waals surface area (Å²) in [5.74, 6) is -0.0357. The molecular formula is C13H8Cl2F2O. The molecule has 0 bridgehead atoms. The van der Waals surface area contributed by atoms with Gasteiger partial charge in [-0.1, -0.05) is 11.6 Å². The maximum atomic E-state index is 13.0. The summed E-state index contributed by atoms with van der Waals surface area (Å²) in [5.41, 5.74) is 0.511. The van der Waals surface area contributed by atoms with E-state index in [1.54, 1.807) is 0 Å². The average molecular weight is 289 g/mol. The maximum Gasteiger partial charge on any atom is 0.142 e. The Kier molecular flexibility index (Phi) is 4.04. The van der Waals surface area contributed by atoms with Gasteiger partial charge in [0.2, 0.25) is 0 Å². The van der Waals surface area contributed by atoms with Gasteiger partial charge >= 0.3 is 0 Å². The van der Waals surface area contributed by atoms with Gasteiger partial charge in [0, 0.05) is 11.6 Å². The summed E-state index contributed by atoms with van der Waals surface area (Å²) in [6.45, 7) is 0. The third kappa shape index (κ3) is 2.92. The van der Waals surface area contributed by atoms with Gasteiger partial charge in [0.05, 0.1) is 10.9 Å². The Labute approximate surface area is 113 Å². The normalized spacial score (nSPS) is 10.4. The molecule has 0 saturated carbocycles. The van der Waals surface area contributed by atoms with Crippen LogP contribution in [0.4, 0.5) is 8.78 Å². The molecule has 0 saturated heterocycles. The topological polar surface area (TPSA) is 9.23 Å². The molecule has 0 spiro atoms.